The summed E-state index contributed by atoms with van der Waals surface area (Å²) in [6.07, 6.45) is 5.82. The largest absolute Gasteiger partial charge is 0.469 e. The lowest BCUT2D eigenvalue weighted by atomic mass is 9.95. The summed E-state index contributed by atoms with van der Waals surface area (Å²) in [6.45, 7) is 1.81. The van der Waals surface area contributed by atoms with E-state index in [0.29, 0.717) is 17.3 Å². The summed E-state index contributed by atoms with van der Waals surface area (Å²) in [4.78, 5) is 23.1. The van der Waals surface area contributed by atoms with Crippen molar-refractivity contribution in [2.24, 2.45) is 0 Å². The van der Waals surface area contributed by atoms with Gasteiger partial charge in [0.25, 0.3) is 0 Å². The molecule has 5 nitrogen and oxygen atoms in total. The molecule has 0 bridgehead atoms. The number of nitrogens with one attached hydrogen (secondary N) is 1. The Labute approximate surface area is 114 Å². The molecule has 0 saturated heterocycles. The van der Waals surface area contributed by atoms with Crippen LogP contribution in [-0.2, 0) is 19.1 Å². The summed E-state index contributed by atoms with van der Waals surface area (Å²) in [6, 6.07) is 0.381. The smallest absolute Gasteiger partial charge is 0.336 e. The number of hydrogen-bond acceptors (Lipinski definition) is 5. The van der Waals surface area contributed by atoms with Crippen LogP contribution in [0.15, 0.2) is 11.3 Å². The Morgan fingerprint density at radius 3 is 2.26 bits per heavy atom. The van der Waals surface area contributed by atoms with Gasteiger partial charge in [0.15, 0.2) is 0 Å². The average Bonchev–Trinajstić information content (AvgIpc) is 2.44. The summed E-state index contributed by atoms with van der Waals surface area (Å²) in [5.74, 6) is -0.920. The highest BCUT2D eigenvalue weighted by Gasteiger charge is 2.20. The molecular weight excluding hydrogens is 246 g/mol. The first-order chi connectivity index (χ1) is 9.08. The van der Waals surface area contributed by atoms with E-state index < -0.39 is 11.9 Å². The molecule has 1 N–H and O–H groups in total. The van der Waals surface area contributed by atoms with Crippen molar-refractivity contribution in [3.8, 4) is 0 Å². The van der Waals surface area contributed by atoms with E-state index in [1.807, 2.05) is 6.92 Å². The zero-order chi connectivity index (χ0) is 14.3. The fourth-order valence-electron chi connectivity index (χ4n) is 2.34. The van der Waals surface area contributed by atoms with Gasteiger partial charge >= 0.3 is 11.9 Å². The van der Waals surface area contributed by atoms with Crippen LogP contribution in [-0.4, -0.2) is 32.2 Å². The van der Waals surface area contributed by atoms with Gasteiger partial charge in [-0.05, 0) is 19.8 Å². The van der Waals surface area contributed by atoms with Crippen molar-refractivity contribution in [1.29, 1.82) is 0 Å². The molecule has 0 unspecified atom stereocenters. The Balaban J connectivity index is 2.75. The number of carbonyl (C=O) groups is 2. The van der Waals surface area contributed by atoms with Gasteiger partial charge < -0.3 is 14.8 Å². The van der Waals surface area contributed by atoms with Gasteiger partial charge in [0.05, 0.1) is 26.2 Å². The van der Waals surface area contributed by atoms with Gasteiger partial charge in [0.2, 0.25) is 0 Å². The molecule has 108 valence electrons. The Morgan fingerprint density at radius 2 is 1.74 bits per heavy atom. The molecule has 19 heavy (non-hydrogen) atoms. The quantitative estimate of drug-likeness (QED) is 0.610. The number of carbonyl (C=O) groups excluding carboxylic acids is 2. The Hall–Kier alpha value is -1.52. The highest BCUT2D eigenvalue weighted by atomic mass is 16.5. The van der Waals surface area contributed by atoms with Gasteiger partial charge in [-0.15, -0.1) is 0 Å². The monoisotopic (exact) mass is 269 g/mol. The number of hydrogen-bond donors (Lipinski definition) is 1. The van der Waals surface area contributed by atoms with Crippen LogP contribution in [0.25, 0.3) is 0 Å². The fourth-order valence-corrected chi connectivity index (χ4v) is 2.34. The van der Waals surface area contributed by atoms with Crippen LogP contribution in [0.4, 0.5) is 0 Å². The third-order valence-corrected chi connectivity index (χ3v) is 3.46. The first kappa shape index (κ1) is 15.5. The maximum Gasteiger partial charge on any atom is 0.336 e. The van der Waals surface area contributed by atoms with E-state index in [1.54, 1.807) is 0 Å². The third kappa shape index (κ3) is 4.93. The molecule has 0 spiro atoms. The number of rotatable bonds is 5. The van der Waals surface area contributed by atoms with Gasteiger partial charge in [0, 0.05) is 11.7 Å². The molecule has 0 atom stereocenters. The van der Waals surface area contributed by atoms with Crippen LogP contribution in [0.2, 0.25) is 0 Å². The molecule has 1 aliphatic rings. The molecule has 1 rings (SSSR count). The van der Waals surface area contributed by atoms with Crippen molar-refractivity contribution in [3.05, 3.63) is 11.3 Å². The van der Waals surface area contributed by atoms with Gasteiger partial charge in [-0.3, -0.25) is 4.79 Å². The Morgan fingerprint density at radius 1 is 1.11 bits per heavy atom. The van der Waals surface area contributed by atoms with Crippen molar-refractivity contribution < 1.29 is 19.1 Å². The first-order valence-corrected chi connectivity index (χ1v) is 6.70. The number of methoxy groups -OCH3 is 2. The second kappa shape index (κ2) is 7.81. The summed E-state index contributed by atoms with van der Waals surface area (Å²) in [5.41, 5.74) is 1.06. The predicted molar refractivity (Wildman–Crippen MR) is 71.4 cm³/mol. The zero-order valence-electron chi connectivity index (χ0n) is 12.0. The lowest BCUT2D eigenvalue weighted by molar-refractivity contribution is -0.143. The minimum Gasteiger partial charge on any atom is -0.469 e. The van der Waals surface area contributed by atoms with E-state index in [-0.39, 0.29) is 6.42 Å². The molecule has 1 fully saturated rings. The molecule has 0 aliphatic heterocycles. The summed E-state index contributed by atoms with van der Waals surface area (Å²) < 4.78 is 9.33. The minimum absolute atomic E-state index is 0.0608. The van der Waals surface area contributed by atoms with Crippen LogP contribution >= 0.6 is 0 Å². The number of ether oxygens (including phenoxy) is 2. The molecule has 0 amide bonds. The molecule has 0 heterocycles. The van der Waals surface area contributed by atoms with Crippen LogP contribution in [0.5, 0.6) is 0 Å². The van der Waals surface area contributed by atoms with E-state index in [1.165, 1.54) is 33.5 Å². The number of allylic oxidation sites excluding steroid dienone is 1. The van der Waals surface area contributed by atoms with E-state index >= 15 is 0 Å². The Bertz CT molecular complexity index is 356. The molecule has 0 aromatic heterocycles. The highest BCUT2D eigenvalue weighted by molar-refractivity contribution is 5.94. The van der Waals surface area contributed by atoms with E-state index in [2.05, 4.69) is 10.1 Å². The Kier molecular flexibility index (Phi) is 6.39. The average molecular weight is 269 g/mol. The summed E-state index contributed by atoms with van der Waals surface area (Å²) >= 11 is 0. The molecule has 5 heteroatoms. The SMILES string of the molecule is COC(=O)CC(C(=O)OC)=C(C)NC1CCCCC1. The predicted octanol–water partition coefficient (Wildman–Crippen LogP) is 1.92. The summed E-state index contributed by atoms with van der Waals surface area (Å²) in [7, 11) is 2.62. The van der Waals surface area contributed by atoms with Crippen molar-refractivity contribution in [2.75, 3.05) is 14.2 Å². The maximum absolute atomic E-state index is 11.7. The van der Waals surface area contributed by atoms with E-state index in [0.717, 1.165) is 12.8 Å². The highest BCUT2D eigenvalue weighted by Crippen LogP contribution is 2.20. The van der Waals surface area contributed by atoms with Crippen LogP contribution in [0, 0.1) is 0 Å². The first-order valence-electron chi connectivity index (χ1n) is 6.70. The molecule has 1 aliphatic carbocycles. The topological polar surface area (TPSA) is 64.6 Å². The van der Waals surface area contributed by atoms with Gasteiger partial charge in [-0.25, -0.2) is 4.79 Å². The van der Waals surface area contributed by atoms with Crippen LogP contribution in [0.3, 0.4) is 0 Å². The number of esters is 2. The second-order valence-electron chi connectivity index (χ2n) is 4.83. The normalized spacial score (nSPS) is 17.4. The van der Waals surface area contributed by atoms with Crippen LogP contribution in [0.1, 0.15) is 45.4 Å². The maximum atomic E-state index is 11.7. The van der Waals surface area contributed by atoms with Gasteiger partial charge in [0.1, 0.15) is 0 Å². The van der Waals surface area contributed by atoms with E-state index in [4.69, 9.17) is 4.74 Å². The van der Waals surface area contributed by atoms with Gasteiger partial charge in [-0.1, -0.05) is 19.3 Å². The van der Waals surface area contributed by atoms with Crippen molar-refractivity contribution in [1.82, 2.24) is 5.32 Å². The van der Waals surface area contributed by atoms with Gasteiger partial charge in [-0.2, -0.15) is 0 Å². The standard InChI is InChI=1S/C14H23NO4/c1-10(15-11-7-5-4-6-8-11)12(14(17)19-3)9-13(16)18-2/h11,15H,4-9H2,1-3H3. The summed E-state index contributed by atoms with van der Waals surface area (Å²) in [5, 5.41) is 3.33. The fraction of sp³-hybridized carbons (Fsp3) is 0.714. The molecule has 0 aromatic carbocycles. The van der Waals surface area contributed by atoms with Crippen molar-refractivity contribution in [2.45, 2.75) is 51.5 Å². The van der Waals surface area contributed by atoms with E-state index in [9.17, 15) is 9.59 Å². The second-order valence-corrected chi connectivity index (χ2v) is 4.83. The lowest BCUT2D eigenvalue weighted by Crippen LogP contribution is -2.31. The van der Waals surface area contributed by atoms with Crippen LogP contribution < -0.4 is 5.32 Å². The van der Waals surface area contributed by atoms with Crippen molar-refractivity contribution >= 4 is 11.9 Å². The zero-order valence-corrected chi connectivity index (χ0v) is 12.0. The molecule has 1 saturated carbocycles. The molecule has 0 radical (unpaired) electrons. The molecular formula is C14H23NO4. The molecule has 0 aromatic rings. The minimum atomic E-state index is -0.480. The third-order valence-electron chi connectivity index (χ3n) is 3.46. The lowest BCUT2D eigenvalue weighted by Gasteiger charge is -2.25. The van der Waals surface area contributed by atoms with Crippen molar-refractivity contribution in [3.63, 3.8) is 0 Å².